The van der Waals surface area contributed by atoms with Gasteiger partial charge in [-0.1, -0.05) is 23.7 Å². The van der Waals surface area contributed by atoms with Gasteiger partial charge in [-0.25, -0.2) is 4.79 Å². The predicted octanol–water partition coefficient (Wildman–Crippen LogP) is 3.84. The summed E-state index contributed by atoms with van der Waals surface area (Å²) in [5, 5.41) is 17.3. The molecular weight excluding hydrogens is 582 g/mol. The molecule has 3 heterocycles. The second kappa shape index (κ2) is 14.1. The number of ether oxygens (including phenoxy) is 2. The minimum absolute atomic E-state index is 0.0804. The van der Waals surface area contributed by atoms with E-state index in [2.05, 4.69) is 15.3 Å². The van der Waals surface area contributed by atoms with E-state index in [1.165, 1.54) is 4.90 Å². The molecule has 1 fully saturated rings. The van der Waals surface area contributed by atoms with Crippen molar-refractivity contribution in [2.24, 2.45) is 0 Å². The van der Waals surface area contributed by atoms with Crippen LogP contribution in [0.2, 0.25) is 5.02 Å². The molecule has 5 rings (SSSR count). The Morgan fingerprint density at radius 3 is 2.79 bits per heavy atom. The maximum Gasteiger partial charge on any atom is 0.411 e. The Kier molecular flexibility index (Phi) is 10.0. The van der Waals surface area contributed by atoms with Gasteiger partial charge in [-0.2, -0.15) is 5.10 Å². The number of aromatic nitrogens is 2. The Hall–Kier alpha value is -3.58. The number of esters is 1. The monoisotopic (exact) mass is 613 g/mol. The Balaban J connectivity index is 1.16. The molecule has 1 saturated heterocycles. The number of carboxylic acid groups (broad SMARTS) is 1. The quantitative estimate of drug-likeness (QED) is 0.328. The third kappa shape index (κ3) is 7.43. The molecule has 13 heteroatoms. The normalized spacial score (nSPS) is 15.2. The van der Waals surface area contributed by atoms with Gasteiger partial charge >= 0.3 is 12.1 Å². The molecule has 42 heavy (non-hydrogen) atoms. The molecule has 2 aliphatic heterocycles. The van der Waals surface area contributed by atoms with Crippen LogP contribution >= 0.6 is 23.4 Å². The number of carbonyl (C=O) groups is 3. The molecule has 3 aromatic rings. The van der Waals surface area contributed by atoms with E-state index >= 15 is 0 Å². The second-order valence-corrected chi connectivity index (χ2v) is 11.4. The number of rotatable bonds is 10. The van der Waals surface area contributed by atoms with E-state index in [0.29, 0.717) is 67.0 Å². The van der Waals surface area contributed by atoms with Gasteiger partial charge in [-0.15, -0.1) is 11.8 Å². The number of thioether (sulfide) groups is 1. The van der Waals surface area contributed by atoms with E-state index in [0.717, 1.165) is 29.1 Å². The average molecular weight is 614 g/mol. The highest BCUT2D eigenvalue weighted by molar-refractivity contribution is 7.99. The lowest BCUT2D eigenvalue weighted by Crippen LogP contribution is -2.38. The number of amides is 2. The molecule has 0 atom stereocenters. The number of morpholine rings is 1. The number of hydrogen-bond acceptors (Lipinski definition) is 8. The summed E-state index contributed by atoms with van der Waals surface area (Å²) in [7, 11) is 0. The summed E-state index contributed by atoms with van der Waals surface area (Å²) < 4.78 is 12.3. The molecule has 0 saturated carbocycles. The number of hydrogen-bond donors (Lipinski definition) is 2. The standard InChI is InChI=1S/C29H32ClN5O6S/c30-24-5-4-20(28(37)31-7-6-26(36)41-14-10-33-8-12-40-13-9-33)16-21(24)18-34-19-22(17-32-34)23-2-1-3-25-27(23)42-15-11-35(25)29(38)39/h1-5,16-17,19H,6-15,18H2,(H,31,37)(H,38,39). The highest BCUT2D eigenvalue weighted by atomic mass is 35.5. The van der Waals surface area contributed by atoms with Crippen molar-refractivity contribution >= 4 is 47.0 Å². The Morgan fingerprint density at radius 2 is 1.98 bits per heavy atom. The fraction of sp³-hybridized carbons (Fsp3) is 0.379. The first-order valence-electron chi connectivity index (χ1n) is 13.7. The van der Waals surface area contributed by atoms with Gasteiger partial charge in [-0.05, 0) is 29.8 Å². The Labute approximate surface area is 252 Å². The molecule has 11 nitrogen and oxygen atoms in total. The molecule has 0 bridgehead atoms. The van der Waals surface area contributed by atoms with Crippen molar-refractivity contribution in [3.05, 3.63) is 64.9 Å². The summed E-state index contributed by atoms with van der Waals surface area (Å²) in [6.45, 7) is 4.97. The van der Waals surface area contributed by atoms with Crippen LogP contribution < -0.4 is 10.2 Å². The van der Waals surface area contributed by atoms with Gasteiger partial charge in [0.2, 0.25) is 0 Å². The van der Waals surface area contributed by atoms with E-state index in [1.807, 2.05) is 24.4 Å². The van der Waals surface area contributed by atoms with Crippen molar-refractivity contribution in [1.29, 1.82) is 0 Å². The fourth-order valence-corrected chi connectivity index (χ4v) is 6.16. The largest absolute Gasteiger partial charge is 0.465 e. The summed E-state index contributed by atoms with van der Waals surface area (Å²) >= 11 is 8.08. The lowest BCUT2D eigenvalue weighted by atomic mass is 10.1. The zero-order chi connectivity index (χ0) is 29.5. The van der Waals surface area contributed by atoms with Gasteiger partial charge in [0, 0.05) is 71.3 Å². The van der Waals surface area contributed by atoms with Gasteiger partial charge in [0.05, 0.1) is 38.1 Å². The summed E-state index contributed by atoms with van der Waals surface area (Å²) in [6.07, 6.45) is 2.73. The maximum atomic E-state index is 12.8. The smallest absolute Gasteiger partial charge is 0.411 e. The van der Waals surface area contributed by atoms with E-state index in [4.69, 9.17) is 21.1 Å². The van der Waals surface area contributed by atoms with Gasteiger partial charge in [0.25, 0.3) is 5.91 Å². The van der Waals surface area contributed by atoms with Gasteiger partial charge in [0.15, 0.2) is 0 Å². The molecule has 0 radical (unpaired) electrons. The Morgan fingerprint density at radius 1 is 1.14 bits per heavy atom. The highest BCUT2D eigenvalue weighted by Crippen LogP contribution is 2.41. The number of halogens is 1. The molecule has 2 aromatic carbocycles. The lowest BCUT2D eigenvalue weighted by Gasteiger charge is -2.27. The number of benzene rings is 2. The minimum atomic E-state index is -0.970. The summed E-state index contributed by atoms with van der Waals surface area (Å²) in [5.41, 5.74) is 3.57. The molecule has 222 valence electrons. The second-order valence-electron chi connectivity index (χ2n) is 9.85. The molecule has 2 amide bonds. The average Bonchev–Trinajstić information content (AvgIpc) is 3.46. The van der Waals surface area contributed by atoms with Crippen molar-refractivity contribution in [3.8, 4) is 11.1 Å². The SMILES string of the molecule is O=C(CCNC(=O)c1ccc(Cl)c(Cn2cc(-c3cccc4c3SCCN4C(=O)O)cn2)c1)OCCN1CCOCC1. The Bertz CT molecular complexity index is 1440. The molecule has 0 spiro atoms. The van der Waals surface area contributed by atoms with E-state index in [-0.39, 0.29) is 24.8 Å². The van der Waals surface area contributed by atoms with Crippen molar-refractivity contribution in [1.82, 2.24) is 20.0 Å². The molecule has 2 aliphatic rings. The zero-order valence-electron chi connectivity index (χ0n) is 23.0. The fourth-order valence-electron chi connectivity index (χ4n) is 4.84. The number of anilines is 1. The van der Waals surface area contributed by atoms with Crippen LogP contribution in [-0.2, 0) is 20.8 Å². The minimum Gasteiger partial charge on any atom is -0.465 e. The number of fused-ring (bicyclic) bond motifs is 1. The number of nitrogens with zero attached hydrogens (tertiary/aromatic N) is 4. The lowest BCUT2D eigenvalue weighted by molar-refractivity contribution is -0.144. The first-order chi connectivity index (χ1) is 20.4. The predicted molar refractivity (Wildman–Crippen MR) is 159 cm³/mol. The maximum absolute atomic E-state index is 12.8. The van der Waals surface area contributed by atoms with Gasteiger partial charge in [0.1, 0.15) is 6.61 Å². The van der Waals surface area contributed by atoms with Gasteiger partial charge in [-0.3, -0.25) is 24.1 Å². The first-order valence-corrected chi connectivity index (χ1v) is 15.1. The number of nitrogens with one attached hydrogen (secondary N) is 1. The van der Waals surface area contributed by atoms with Crippen molar-refractivity contribution in [2.75, 3.05) is 63.2 Å². The summed E-state index contributed by atoms with van der Waals surface area (Å²) in [5.74, 6) is 0.0000828. The first kappa shape index (κ1) is 29.9. The van der Waals surface area contributed by atoms with Crippen LogP contribution in [-0.4, -0.2) is 96.1 Å². The van der Waals surface area contributed by atoms with Crippen LogP contribution in [0, 0.1) is 0 Å². The third-order valence-electron chi connectivity index (χ3n) is 7.05. The molecule has 2 N–H and O–H groups in total. The zero-order valence-corrected chi connectivity index (χ0v) is 24.5. The van der Waals surface area contributed by atoms with Crippen molar-refractivity contribution in [2.45, 2.75) is 17.9 Å². The molecule has 0 unspecified atom stereocenters. The van der Waals surface area contributed by atoms with E-state index < -0.39 is 6.09 Å². The topological polar surface area (TPSA) is 126 Å². The highest BCUT2D eigenvalue weighted by Gasteiger charge is 2.25. The molecule has 1 aromatic heterocycles. The van der Waals surface area contributed by atoms with E-state index in [1.54, 1.807) is 40.8 Å². The van der Waals surface area contributed by atoms with Gasteiger partial charge < -0.3 is 19.9 Å². The summed E-state index contributed by atoms with van der Waals surface area (Å²) in [4.78, 5) is 41.0. The van der Waals surface area contributed by atoms with Crippen LogP contribution in [0.15, 0.2) is 53.7 Å². The molecule has 0 aliphatic carbocycles. The van der Waals surface area contributed by atoms with Crippen LogP contribution in [0.1, 0.15) is 22.3 Å². The van der Waals surface area contributed by atoms with Crippen molar-refractivity contribution < 1.29 is 29.0 Å². The number of carbonyl (C=O) groups excluding carboxylic acids is 2. The van der Waals surface area contributed by atoms with Crippen LogP contribution in [0.25, 0.3) is 11.1 Å². The van der Waals surface area contributed by atoms with Crippen molar-refractivity contribution in [3.63, 3.8) is 0 Å². The van der Waals surface area contributed by atoms with Crippen LogP contribution in [0.4, 0.5) is 10.5 Å². The third-order valence-corrected chi connectivity index (χ3v) is 8.52. The molecular formula is C29H32ClN5O6S. The summed E-state index contributed by atoms with van der Waals surface area (Å²) in [6, 6.07) is 10.6. The van der Waals surface area contributed by atoms with Crippen LogP contribution in [0.5, 0.6) is 0 Å². The van der Waals surface area contributed by atoms with E-state index in [9.17, 15) is 19.5 Å². The van der Waals surface area contributed by atoms with Crippen LogP contribution in [0.3, 0.4) is 0 Å².